The van der Waals surface area contributed by atoms with Gasteiger partial charge in [-0.05, 0) is 43.4 Å². The van der Waals surface area contributed by atoms with Crippen molar-refractivity contribution >= 4 is 6.08 Å². The second kappa shape index (κ2) is 6.17. The van der Waals surface area contributed by atoms with E-state index < -0.39 is 5.60 Å². The van der Waals surface area contributed by atoms with Gasteiger partial charge in [0, 0.05) is 0 Å². The van der Waals surface area contributed by atoms with Crippen LogP contribution in [0.25, 0.3) is 6.08 Å². The maximum absolute atomic E-state index is 10.3. The maximum atomic E-state index is 10.3. The van der Waals surface area contributed by atoms with Crippen LogP contribution in [-0.4, -0.2) is 17.3 Å². The molecular weight excluding hydrogens is 222 g/mol. The fourth-order valence-corrected chi connectivity index (χ4v) is 2.56. The molecule has 1 aliphatic carbocycles. The molecular formula is C16H23NO. The van der Waals surface area contributed by atoms with Crippen molar-refractivity contribution < 1.29 is 5.11 Å². The van der Waals surface area contributed by atoms with Crippen molar-refractivity contribution in [1.82, 2.24) is 0 Å². The zero-order chi connectivity index (χ0) is 12.8. The Morgan fingerprint density at radius 3 is 2.78 bits per heavy atom. The molecule has 3 N–H and O–H groups in total. The predicted octanol–water partition coefficient (Wildman–Crippen LogP) is 2.90. The van der Waals surface area contributed by atoms with Crippen LogP contribution in [0, 0.1) is 0 Å². The molecule has 2 rings (SSSR count). The first kappa shape index (κ1) is 13.3. The lowest BCUT2D eigenvalue weighted by Gasteiger charge is -2.16. The average molecular weight is 245 g/mol. The first-order chi connectivity index (χ1) is 8.72. The van der Waals surface area contributed by atoms with Gasteiger partial charge in [-0.2, -0.15) is 0 Å². The quantitative estimate of drug-likeness (QED) is 0.838. The highest BCUT2D eigenvalue weighted by atomic mass is 16.3. The molecule has 1 aromatic carbocycles. The number of aryl methyl sites for hydroxylation is 1. The maximum Gasteiger partial charge on any atom is 0.0830 e. The van der Waals surface area contributed by atoms with Crippen molar-refractivity contribution in [2.24, 2.45) is 5.73 Å². The summed E-state index contributed by atoms with van der Waals surface area (Å²) in [5, 5.41) is 10.3. The Morgan fingerprint density at radius 1 is 1.28 bits per heavy atom. The zero-order valence-electron chi connectivity index (χ0n) is 10.9. The lowest BCUT2D eigenvalue weighted by atomic mass is 9.99. The number of hydrogen-bond acceptors (Lipinski definition) is 2. The van der Waals surface area contributed by atoms with Crippen LogP contribution in [0.3, 0.4) is 0 Å². The van der Waals surface area contributed by atoms with E-state index in [-0.39, 0.29) is 0 Å². The van der Waals surface area contributed by atoms with Gasteiger partial charge in [0.15, 0.2) is 0 Å². The summed E-state index contributed by atoms with van der Waals surface area (Å²) in [6.45, 7) is 0.736. The summed E-state index contributed by atoms with van der Waals surface area (Å²) >= 11 is 0. The van der Waals surface area contributed by atoms with Crippen LogP contribution in [0.15, 0.2) is 30.3 Å². The molecule has 0 atom stereocenters. The highest BCUT2D eigenvalue weighted by Gasteiger charge is 2.27. The topological polar surface area (TPSA) is 46.2 Å². The molecule has 0 unspecified atom stereocenters. The van der Waals surface area contributed by atoms with Gasteiger partial charge in [0.05, 0.1) is 5.60 Å². The lowest BCUT2D eigenvalue weighted by Crippen LogP contribution is -2.19. The van der Waals surface area contributed by atoms with Crippen molar-refractivity contribution in [3.05, 3.63) is 41.5 Å². The monoisotopic (exact) mass is 245 g/mol. The van der Waals surface area contributed by atoms with Crippen LogP contribution < -0.4 is 5.73 Å². The van der Waals surface area contributed by atoms with Crippen LogP contribution in [0.2, 0.25) is 0 Å². The summed E-state index contributed by atoms with van der Waals surface area (Å²) in [7, 11) is 0. The molecule has 0 radical (unpaired) electrons. The molecule has 1 fully saturated rings. The Hall–Kier alpha value is -1.12. The Morgan fingerprint density at radius 2 is 2.06 bits per heavy atom. The van der Waals surface area contributed by atoms with E-state index in [1.54, 1.807) is 0 Å². The first-order valence-electron chi connectivity index (χ1n) is 6.92. The van der Waals surface area contributed by atoms with Gasteiger partial charge in [-0.3, -0.25) is 0 Å². The van der Waals surface area contributed by atoms with Gasteiger partial charge in [-0.1, -0.05) is 49.3 Å². The molecule has 0 bridgehead atoms. The molecule has 1 aliphatic rings. The van der Waals surface area contributed by atoms with E-state index in [1.807, 2.05) is 6.08 Å². The van der Waals surface area contributed by atoms with Gasteiger partial charge in [0.2, 0.25) is 0 Å². The normalized spacial score (nSPS) is 18.6. The molecule has 2 heteroatoms. The van der Waals surface area contributed by atoms with Crippen molar-refractivity contribution in [2.45, 2.75) is 44.1 Å². The molecule has 0 saturated heterocycles. The van der Waals surface area contributed by atoms with Gasteiger partial charge >= 0.3 is 0 Å². The molecule has 2 nitrogen and oxygen atoms in total. The standard InChI is InChI=1S/C16H23NO/c17-12-4-7-14-5-3-6-15(13-14)8-11-16(18)9-1-2-10-16/h3,5-6,8,11,13,18H,1-2,4,7,9-10,12,17H2/b11-8+. The molecule has 0 amide bonds. The number of hydrogen-bond donors (Lipinski definition) is 2. The summed E-state index contributed by atoms with van der Waals surface area (Å²) in [6, 6.07) is 8.48. The molecule has 98 valence electrons. The van der Waals surface area contributed by atoms with Crippen LogP contribution in [0.4, 0.5) is 0 Å². The summed E-state index contributed by atoms with van der Waals surface area (Å²) < 4.78 is 0. The third kappa shape index (κ3) is 3.69. The fraction of sp³-hybridized carbons (Fsp3) is 0.500. The van der Waals surface area contributed by atoms with Gasteiger partial charge < -0.3 is 10.8 Å². The predicted molar refractivity (Wildman–Crippen MR) is 76.3 cm³/mol. The SMILES string of the molecule is NCCCc1cccc(/C=C/C2(O)CCCC2)c1. The highest BCUT2D eigenvalue weighted by molar-refractivity contribution is 5.51. The Kier molecular flexibility index (Phi) is 4.56. The second-order valence-corrected chi connectivity index (χ2v) is 5.28. The summed E-state index contributed by atoms with van der Waals surface area (Å²) in [6.07, 6.45) is 10.2. The summed E-state index contributed by atoms with van der Waals surface area (Å²) in [5.41, 5.74) is 7.46. The molecule has 0 heterocycles. The van der Waals surface area contributed by atoms with Crippen molar-refractivity contribution in [1.29, 1.82) is 0 Å². The third-order valence-electron chi connectivity index (χ3n) is 3.68. The van der Waals surface area contributed by atoms with Crippen molar-refractivity contribution in [2.75, 3.05) is 6.54 Å². The average Bonchev–Trinajstić information content (AvgIpc) is 2.82. The van der Waals surface area contributed by atoms with Gasteiger partial charge in [0.25, 0.3) is 0 Å². The van der Waals surface area contributed by atoms with E-state index in [0.717, 1.165) is 45.1 Å². The number of nitrogens with two attached hydrogens (primary N) is 1. The molecule has 0 spiro atoms. The molecule has 0 aliphatic heterocycles. The number of rotatable bonds is 5. The highest BCUT2D eigenvalue weighted by Crippen LogP contribution is 2.31. The third-order valence-corrected chi connectivity index (χ3v) is 3.68. The van der Waals surface area contributed by atoms with E-state index in [4.69, 9.17) is 5.73 Å². The minimum Gasteiger partial charge on any atom is -0.386 e. The van der Waals surface area contributed by atoms with Crippen molar-refractivity contribution in [3.8, 4) is 0 Å². The lowest BCUT2D eigenvalue weighted by molar-refractivity contribution is 0.100. The first-order valence-corrected chi connectivity index (χ1v) is 6.92. The smallest absolute Gasteiger partial charge is 0.0830 e. The fourth-order valence-electron chi connectivity index (χ4n) is 2.56. The van der Waals surface area contributed by atoms with E-state index >= 15 is 0 Å². The zero-order valence-corrected chi connectivity index (χ0v) is 10.9. The largest absolute Gasteiger partial charge is 0.386 e. The van der Waals surface area contributed by atoms with Crippen LogP contribution in [-0.2, 0) is 6.42 Å². The van der Waals surface area contributed by atoms with Crippen molar-refractivity contribution in [3.63, 3.8) is 0 Å². The van der Waals surface area contributed by atoms with E-state index in [9.17, 15) is 5.11 Å². The van der Waals surface area contributed by atoms with Crippen LogP contribution in [0.1, 0.15) is 43.2 Å². The second-order valence-electron chi connectivity index (χ2n) is 5.28. The minimum atomic E-state index is -0.562. The molecule has 1 aromatic rings. The number of benzene rings is 1. The summed E-state index contributed by atoms with van der Waals surface area (Å²) in [5.74, 6) is 0. The Balaban J connectivity index is 2.02. The van der Waals surface area contributed by atoms with Gasteiger partial charge in [-0.15, -0.1) is 0 Å². The van der Waals surface area contributed by atoms with E-state index in [2.05, 4.69) is 30.3 Å². The number of aliphatic hydroxyl groups is 1. The van der Waals surface area contributed by atoms with Gasteiger partial charge in [-0.25, -0.2) is 0 Å². The van der Waals surface area contributed by atoms with E-state index in [0.29, 0.717) is 0 Å². The molecule has 18 heavy (non-hydrogen) atoms. The molecule has 0 aromatic heterocycles. The van der Waals surface area contributed by atoms with Gasteiger partial charge in [0.1, 0.15) is 0 Å². The van der Waals surface area contributed by atoms with Crippen LogP contribution >= 0.6 is 0 Å². The Bertz CT molecular complexity index is 405. The summed E-state index contributed by atoms with van der Waals surface area (Å²) in [4.78, 5) is 0. The Labute approximate surface area is 110 Å². The van der Waals surface area contributed by atoms with Crippen LogP contribution in [0.5, 0.6) is 0 Å². The van der Waals surface area contributed by atoms with E-state index in [1.165, 1.54) is 11.1 Å². The molecule has 1 saturated carbocycles. The minimum absolute atomic E-state index is 0.562.